The van der Waals surface area contributed by atoms with Crippen LogP contribution in [0.2, 0.25) is 0 Å². The maximum atomic E-state index is 12.9. The first-order valence-electron chi connectivity index (χ1n) is 23.4. The van der Waals surface area contributed by atoms with Gasteiger partial charge in [0.25, 0.3) is 0 Å². The van der Waals surface area contributed by atoms with Gasteiger partial charge in [-0.1, -0.05) is 97.1 Å². The highest BCUT2D eigenvalue weighted by atomic mass is 16.5. The molecule has 0 saturated heterocycles. The Balaban J connectivity index is 1.03. The first-order chi connectivity index (χ1) is 34.9. The number of carbonyl (C=O) groups is 6. The molecule has 72 heavy (non-hydrogen) atoms. The van der Waals surface area contributed by atoms with Gasteiger partial charge in [0.15, 0.2) is 11.6 Å². The molecule has 0 spiro atoms. The van der Waals surface area contributed by atoms with Gasteiger partial charge in [-0.05, 0) is 123 Å². The Morgan fingerprint density at radius 3 is 1.01 bits per heavy atom. The summed E-state index contributed by atoms with van der Waals surface area (Å²) in [6, 6.07) is 37.2. The summed E-state index contributed by atoms with van der Waals surface area (Å²) < 4.78 is 23.9. The molecule has 0 aliphatic carbocycles. The number of ether oxygens (including phenoxy) is 4. The maximum absolute atomic E-state index is 12.9. The first kappa shape index (κ1) is 52.6. The van der Waals surface area contributed by atoms with E-state index in [1.54, 1.807) is 36.4 Å². The molecule has 0 heterocycles. The van der Waals surface area contributed by atoms with Crippen molar-refractivity contribution in [3.05, 3.63) is 190 Å². The molecule has 0 aliphatic heterocycles. The Morgan fingerprint density at radius 1 is 0.361 bits per heavy atom. The third kappa shape index (κ3) is 15.1. The van der Waals surface area contributed by atoms with E-state index in [1.165, 1.54) is 24.3 Å². The fourth-order valence-corrected chi connectivity index (χ4v) is 7.66. The molecule has 6 rings (SSSR count). The van der Waals surface area contributed by atoms with E-state index in [0.29, 0.717) is 74.4 Å². The molecule has 0 fully saturated rings. The van der Waals surface area contributed by atoms with E-state index in [2.05, 4.69) is 0 Å². The Hall–Kier alpha value is -8.78. The summed E-state index contributed by atoms with van der Waals surface area (Å²) >= 11 is 0. The van der Waals surface area contributed by atoms with Crippen molar-refractivity contribution < 1.29 is 68.1 Å². The van der Waals surface area contributed by atoms with Crippen LogP contribution in [-0.2, 0) is 0 Å². The molecule has 4 N–H and O–H groups in total. The van der Waals surface area contributed by atoms with Crippen LogP contribution in [0.3, 0.4) is 0 Å². The van der Waals surface area contributed by atoms with Crippen LogP contribution in [0.5, 0.6) is 23.0 Å². The minimum atomic E-state index is -1.70. The highest BCUT2D eigenvalue weighted by molar-refractivity contribution is 6.14. The largest absolute Gasteiger partial charge is 0.494 e. The number of allylic oxidation sites excluding steroid dienone is 2. The van der Waals surface area contributed by atoms with Crippen LogP contribution in [0.4, 0.5) is 0 Å². The van der Waals surface area contributed by atoms with Gasteiger partial charge in [0.05, 0.1) is 48.7 Å². The van der Waals surface area contributed by atoms with E-state index in [1.807, 2.05) is 84.9 Å². The summed E-state index contributed by atoms with van der Waals surface area (Å²) in [7, 11) is 0. The van der Waals surface area contributed by atoms with Crippen LogP contribution < -0.4 is 18.9 Å². The van der Waals surface area contributed by atoms with Crippen molar-refractivity contribution in [1.82, 2.24) is 0 Å². The maximum Gasteiger partial charge on any atom is 0.337 e. The molecule has 0 radical (unpaired) electrons. The van der Waals surface area contributed by atoms with Crippen molar-refractivity contribution in [1.29, 1.82) is 0 Å². The van der Waals surface area contributed by atoms with Crippen molar-refractivity contribution in [2.75, 3.05) is 26.4 Å². The second-order valence-electron chi connectivity index (χ2n) is 16.4. The van der Waals surface area contributed by atoms with Gasteiger partial charge >= 0.3 is 23.9 Å². The molecule has 0 atom stereocenters. The molecule has 0 saturated carbocycles. The number of ketones is 2. The minimum Gasteiger partial charge on any atom is -0.494 e. The Kier molecular flexibility index (Phi) is 19.6. The predicted octanol–water partition coefficient (Wildman–Crippen LogP) is 12.0. The van der Waals surface area contributed by atoms with Crippen LogP contribution in [-0.4, -0.2) is 82.3 Å². The third-order valence-corrected chi connectivity index (χ3v) is 11.3. The summed E-state index contributed by atoms with van der Waals surface area (Å²) in [5.41, 5.74) is -0.883. The average molecular weight is 975 g/mol. The van der Waals surface area contributed by atoms with Gasteiger partial charge in [0, 0.05) is 22.3 Å². The normalized spacial score (nSPS) is 11.1. The molecule has 14 nitrogen and oxygen atoms in total. The molecular weight excluding hydrogens is 921 g/mol. The number of carboxylic acid groups (broad SMARTS) is 4. The van der Waals surface area contributed by atoms with E-state index < -0.39 is 57.3 Å². The molecule has 0 unspecified atom stereocenters. The van der Waals surface area contributed by atoms with Crippen molar-refractivity contribution in [3.8, 4) is 34.1 Å². The fourth-order valence-electron chi connectivity index (χ4n) is 7.66. The molecule has 0 bridgehead atoms. The van der Waals surface area contributed by atoms with E-state index in [4.69, 9.17) is 18.9 Å². The summed E-state index contributed by atoms with van der Waals surface area (Å²) in [5.74, 6) is -5.81. The van der Waals surface area contributed by atoms with Gasteiger partial charge in [0.2, 0.25) is 0 Å². The van der Waals surface area contributed by atoms with Gasteiger partial charge in [0.1, 0.15) is 23.0 Å². The topological polar surface area (TPSA) is 220 Å². The Morgan fingerprint density at radius 2 is 0.694 bits per heavy atom. The number of benzene rings is 6. The lowest BCUT2D eigenvalue weighted by Crippen LogP contribution is -2.16. The van der Waals surface area contributed by atoms with Crippen LogP contribution in [0.1, 0.15) is 125 Å². The predicted molar refractivity (Wildman–Crippen MR) is 271 cm³/mol. The van der Waals surface area contributed by atoms with Gasteiger partial charge in [-0.25, -0.2) is 19.2 Å². The second kappa shape index (κ2) is 26.8. The zero-order valence-electron chi connectivity index (χ0n) is 39.4. The zero-order chi connectivity index (χ0) is 51.2. The first-order valence-corrected chi connectivity index (χ1v) is 23.4. The number of carboxylic acids is 4. The van der Waals surface area contributed by atoms with E-state index in [-0.39, 0.29) is 36.3 Å². The SMILES string of the molecule is O=C(/C=C/c1ccc(OCCCCCCOc2ccc(C(=O)O)c(C(=O)O)c2-c2c(OCCCCCCOc3ccc(/C=C/C(=O)c4ccccc4)cc3)ccc(C(=O)O)c2C(=O)O)cc1)c1ccccc1. The van der Waals surface area contributed by atoms with Crippen LogP contribution >= 0.6 is 0 Å². The van der Waals surface area contributed by atoms with Crippen molar-refractivity contribution in [2.45, 2.75) is 51.4 Å². The number of hydrogen-bond acceptors (Lipinski definition) is 10. The monoisotopic (exact) mass is 974 g/mol. The van der Waals surface area contributed by atoms with Gasteiger partial charge in [-0.3, -0.25) is 9.59 Å². The van der Waals surface area contributed by atoms with Gasteiger partial charge in [-0.15, -0.1) is 0 Å². The number of aromatic carboxylic acids is 4. The number of hydrogen-bond donors (Lipinski definition) is 4. The molecule has 6 aromatic carbocycles. The molecular formula is C58H54O14. The second-order valence-corrected chi connectivity index (χ2v) is 16.4. The average Bonchev–Trinajstić information content (AvgIpc) is 3.39. The van der Waals surface area contributed by atoms with E-state index in [9.17, 15) is 49.2 Å². The molecule has 6 aromatic rings. The van der Waals surface area contributed by atoms with Crippen LogP contribution in [0.25, 0.3) is 23.3 Å². The minimum absolute atomic E-state index is 0.0298. The molecule has 0 aromatic heterocycles. The standard InChI is InChI=1S/C58H54O14/c59-47(41-15-7-5-8-16-41)31-23-39-19-25-43(26-20-39)69-35-11-1-3-13-37-71-49-33-29-45(55(61)62)51(57(65)66)53(49)54-50(34-30-46(56(63)64)52(54)58(67)68)72-38-14-4-2-12-36-70-44-27-21-40(22-28-44)24-32-48(60)42-17-9-6-10-18-42/h5-10,15-34H,1-4,11-14,35-38H2,(H,61,62)(H,63,64)(H,65,66)(H,67,68)/b31-23+,32-24+. The summed E-state index contributed by atoms with van der Waals surface area (Å²) in [4.78, 5) is 75.3. The molecule has 0 aliphatic rings. The third-order valence-electron chi connectivity index (χ3n) is 11.3. The lowest BCUT2D eigenvalue weighted by molar-refractivity contribution is 0.0649. The zero-order valence-corrected chi connectivity index (χ0v) is 39.4. The van der Waals surface area contributed by atoms with Crippen molar-refractivity contribution in [3.63, 3.8) is 0 Å². The summed E-state index contributed by atoms with van der Waals surface area (Å²) in [6.07, 6.45) is 11.7. The number of rotatable bonds is 29. The van der Waals surface area contributed by atoms with Gasteiger partial charge < -0.3 is 39.4 Å². The van der Waals surface area contributed by atoms with Crippen molar-refractivity contribution in [2.24, 2.45) is 0 Å². The highest BCUT2D eigenvalue weighted by Gasteiger charge is 2.33. The Labute approximate surface area is 416 Å². The van der Waals surface area contributed by atoms with Gasteiger partial charge in [-0.2, -0.15) is 0 Å². The quantitative estimate of drug-likeness (QED) is 0.0195. The van der Waals surface area contributed by atoms with Crippen LogP contribution in [0, 0.1) is 0 Å². The molecule has 370 valence electrons. The molecule has 0 amide bonds. The Bertz CT molecular complexity index is 2690. The molecule has 14 heteroatoms. The van der Waals surface area contributed by atoms with Crippen molar-refractivity contribution >= 4 is 47.6 Å². The number of carbonyl (C=O) groups excluding carboxylic acids is 2. The van der Waals surface area contributed by atoms with Crippen LogP contribution in [0.15, 0.2) is 146 Å². The fraction of sp³-hybridized carbons (Fsp3) is 0.207. The smallest absolute Gasteiger partial charge is 0.337 e. The van der Waals surface area contributed by atoms with E-state index in [0.717, 1.165) is 36.1 Å². The lowest BCUT2D eigenvalue weighted by atomic mass is 9.88. The lowest BCUT2D eigenvalue weighted by Gasteiger charge is -2.21. The summed E-state index contributed by atoms with van der Waals surface area (Å²) in [5, 5.41) is 41.0. The number of unbranched alkanes of at least 4 members (excludes halogenated alkanes) is 6. The van der Waals surface area contributed by atoms with E-state index >= 15 is 0 Å². The highest BCUT2D eigenvalue weighted by Crippen LogP contribution is 2.44. The summed E-state index contributed by atoms with van der Waals surface area (Å²) in [6.45, 7) is 0.914.